The van der Waals surface area contributed by atoms with E-state index in [-0.39, 0.29) is 0 Å². The molecule has 1 aromatic heterocycles. The third-order valence-electron chi connectivity index (χ3n) is 3.08. The van der Waals surface area contributed by atoms with Crippen molar-refractivity contribution in [1.29, 1.82) is 0 Å². The first-order valence-corrected chi connectivity index (χ1v) is 7.01. The van der Waals surface area contributed by atoms with Crippen molar-refractivity contribution in [2.75, 3.05) is 11.9 Å². The minimum absolute atomic E-state index is 0.587. The van der Waals surface area contributed by atoms with E-state index in [0.717, 1.165) is 28.1 Å². The summed E-state index contributed by atoms with van der Waals surface area (Å²) >= 11 is 3.47. The van der Waals surface area contributed by atoms with Gasteiger partial charge in [0.15, 0.2) is 0 Å². The van der Waals surface area contributed by atoms with Crippen LogP contribution in [-0.2, 0) is 13.1 Å². The molecule has 0 unspecified atom stereocenters. The molecule has 0 saturated carbocycles. The molecule has 0 saturated heterocycles. The fraction of sp³-hybridized carbons (Fsp3) is 0.267. The molecule has 4 heteroatoms. The maximum Gasteiger partial charge on any atom is 0.128 e. The molecule has 3 nitrogen and oxygen atoms in total. The molecular weight excluding hydrogens is 302 g/mol. The maximum atomic E-state index is 5.60. The van der Waals surface area contributed by atoms with E-state index < -0.39 is 0 Å². The topological polar surface area (TPSA) is 42.2 Å². The van der Waals surface area contributed by atoms with E-state index in [0.29, 0.717) is 6.54 Å². The number of pyridine rings is 1. The lowest BCUT2D eigenvalue weighted by Crippen LogP contribution is -2.18. The zero-order chi connectivity index (χ0) is 13.8. The number of hydrogen-bond acceptors (Lipinski definition) is 3. The lowest BCUT2D eigenvalue weighted by molar-refractivity contribution is 0.889. The Hall–Kier alpha value is -1.39. The van der Waals surface area contributed by atoms with E-state index in [1.807, 2.05) is 26.1 Å². The summed E-state index contributed by atoms with van der Waals surface area (Å²) in [5.41, 5.74) is 9.01. The van der Waals surface area contributed by atoms with Gasteiger partial charge in [0.25, 0.3) is 0 Å². The molecule has 1 heterocycles. The Kier molecular flexibility index (Phi) is 4.56. The fourth-order valence-electron chi connectivity index (χ4n) is 1.88. The zero-order valence-electron chi connectivity index (χ0n) is 11.2. The van der Waals surface area contributed by atoms with Gasteiger partial charge in [-0.3, -0.25) is 0 Å². The molecule has 19 heavy (non-hydrogen) atoms. The number of anilines is 1. The molecule has 0 radical (unpaired) electrons. The van der Waals surface area contributed by atoms with Crippen molar-refractivity contribution >= 4 is 21.7 Å². The van der Waals surface area contributed by atoms with Crippen LogP contribution in [-0.4, -0.2) is 12.0 Å². The molecule has 1 aromatic carbocycles. The highest BCUT2D eigenvalue weighted by molar-refractivity contribution is 9.10. The van der Waals surface area contributed by atoms with Crippen LogP contribution in [0.3, 0.4) is 0 Å². The second kappa shape index (κ2) is 6.17. The first kappa shape index (κ1) is 14.0. The molecule has 0 aliphatic carbocycles. The van der Waals surface area contributed by atoms with Crippen LogP contribution in [0.5, 0.6) is 0 Å². The number of halogens is 1. The Morgan fingerprint density at radius 2 is 1.74 bits per heavy atom. The number of aryl methyl sites for hydroxylation is 1. The normalized spacial score (nSPS) is 10.5. The number of aromatic nitrogens is 1. The molecule has 100 valence electrons. The van der Waals surface area contributed by atoms with E-state index in [1.54, 1.807) is 0 Å². The van der Waals surface area contributed by atoms with Crippen LogP contribution >= 0.6 is 15.9 Å². The third-order valence-corrected chi connectivity index (χ3v) is 3.91. The predicted molar refractivity (Wildman–Crippen MR) is 83.1 cm³/mol. The van der Waals surface area contributed by atoms with Crippen molar-refractivity contribution < 1.29 is 0 Å². The second-order valence-corrected chi connectivity index (χ2v) is 5.47. The number of benzene rings is 1. The Labute approximate surface area is 122 Å². The van der Waals surface area contributed by atoms with Gasteiger partial charge in [0, 0.05) is 24.6 Å². The second-order valence-electron chi connectivity index (χ2n) is 4.61. The van der Waals surface area contributed by atoms with E-state index >= 15 is 0 Å². The summed E-state index contributed by atoms with van der Waals surface area (Å²) < 4.78 is 1.04. The molecule has 0 spiro atoms. The molecule has 2 aromatic rings. The molecule has 0 bridgehead atoms. The molecule has 0 aliphatic heterocycles. The lowest BCUT2D eigenvalue weighted by Gasteiger charge is -2.19. The lowest BCUT2D eigenvalue weighted by atomic mass is 10.1. The number of nitrogens with two attached hydrogens (primary N) is 1. The standard InChI is InChI=1S/C15H18BrN3/c1-11-14(16)7-8-15(18-11)19(2)10-13-5-3-12(9-17)4-6-13/h3-8H,9-10,17H2,1-2H3. The van der Waals surface area contributed by atoms with Crippen molar-refractivity contribution in [1.82, 2.24) is 4.98 Å². The molecule has 0 atom stereocenters. The largest absolute Gasteiger partial charge is 0.355 e. The van der Waals surface area contributed by atoms with Gasteiger partial charge in [0.05, 0.1) is 5.69 Å². The van der Waals surface area contributed by atoms with Crippen LogP contribution in [0.25, 0.3) is 0 Å². The van der Waals surface area contributed by atoms with E-state index in [4.69, 9.17) is 5.73 Å². The van der Waals surface area contributed by atoms with Crippen LogP contribution in [0.1, 0.15) is 16.8 Å². The summed E-state index contributed by atoms with van der Waals surface area (Å²) in [5, 5.41) is 0. The molecular formula is C15H18BrN3. The highest BCUT2D eigenvalue weighted by atomic mass is 79.9. The molecule has 2 N–H and O–H groups in total. The minimum atomic E-state index is 0.587. The van der Waals surface area contributed by atoms with Crippen LogP contribution in [0.4, 0.5) is 5.82 Å². The zero-order valence-corrected chi connectivity index (χ0v) is 12.8. The highest BCUT2D eigenvalue weighted by Crippen LogP contribution is 2.19. The van der Waals surface area contributed by atoms with Gasteiger partial charge < -0.3 is 10.6 Å². The highest BCUT2D eigenvalue weighted by Gasteiger charge is 2.05. The van der Waals surface area contributed by atoms with Gasteiger partial charge in [-0.1, -0.05) is 24.3 Å². The van der Waals surface area contributed by atoms with Crippen LogP contribution in [0, 0.1) is 6.92 Å². The maximum absolute atomic E-state index is 5.60. The van der Waals surface area contributed by atoms with Gasteiger partial charge in [0.1, 0.15) is 5.82 Å². The van der Waals surface area contributed by atoms with Gasteiger partial charge in [-0.15, -0.1) is 0 Å². The first-order chi connectivity index (χ1) is 9.10. The van der Waals surface area contributed by atoms with E-state index in [1.165, 1.54) is 5.56 Å². The first-order valence-electron chi connectivity index (χ1n) is 6.22. The van der Waals surface area contributed by atoms with Crippen molar-refractivity contribution in [3.63, 3.8) is 0 Å². The number of rotatable bonds is 4. The number of hydrogen-bond donors (Lipinski definition) is 1. The van der Waals surface area contributed by atoms with Gasteiger partial charge >= 0.3 is 0 Å². The Morgan fingerprint density at radius 1 is 1.11 bits per heavy atom. The van der Waals surface area contributed by atoms with Crippen LogP contribution in [0.2, 0.25) is 0 Å². The van der Waals surface area contributed by atoms with Crippen molar-refractivity contribution in [2.45, 2.75) is 20.0 Å². The summed E-state index contributed by atoms with van der Waals surface area (Å²) in [6.07, 6.45) is 0. The fourth-order valence-corrected chi connectivity index (χ4v) is 2.10. The average Bonchev–Trinajstić information content (AvgIpc) is 2.42. The summed E-state index contributed by atoms with van der Waals surface area (Å²) in [6.45, 7) is 3.42. The summed E-state index contributed by atoms with van der Waals surface area (Å²) in [6, 6.07) is 12.4. The SMILES string of the molecule is Cc1nc(N(C)Cc2ccc(CN)cc2)ccc1Br. The molecule has 0 amide bonds. The summed E-state index contributed by atoms with van der Waals surface area (Å²) in [7, 11) is 2.05. The van der Waals surface area contributed by atoms with Crippen molar-refractivity contribution in [2.24, 2.45) is 5.73 Å². The van der Waals surface area contributed by atoms with Crippen LogP contribution in [0.15, 0.2) is 40.9 Å². The minimum Gasteiger partial charge on any atom is -0.355 e. The van der Waals surface area contributed by atoms with Gasteiger partial charge in [-0.25, -0.2) is 4.98 Å². The molecule has 2 rings (SSSR count). The number of nitrogens with zero attached hydrogens (tertiary/aromatic N) is 2. The van der Waals surface area contributed by atoms with Crippen molar-refractivity contribution in [3.8, 4) is 0 Å². The van der Waals surface area contributed by atoms with E-state index in [9.17, 15) is 0 Å². The van der Waals surface area contributed by atoms with Gasteiger partial charge in [-0.2, -0.15) is 0 Å². The van der Waals surface area contributed by atoms with E-state index in [2.05, 4.69) is 50.1 Å². The van der Waals surface area contributed by atoms with Gasteiger partial charge in [0.2, 0.25) is 0 Å². The quantitative estimate of drug-likeness (QED) is 0.940. The molecule has 0 aliphatic rings. The Bertz CT molecular complexity index is 552. The molecule has 0 fully saturated rings. The predicted octanol–water partition coefficient (Wildman–Crippen LogP) is 3.25. The summed E-state index contributed by atoms with van der Waals surface area (Å²) in [5.74, 6) is 0.976. The third kappa shape index (κ3) is 3.55. The smallest absolute Gasteiger partial charge is 0.128 e. The average molecular weight is 320 g/mol. The summed E-state index contributed by atoms with van der Waals surface area (Å²) in [4.78, 5) is 6.70. The monoisotopic (exact) mass is 319 g/mol. The van der Waals surface area contributed by atoms with Crippen molar-refractivity contribution in [3.05, 3.63) is 57.7 Å². The van der Waals surface area contributed by atoms with Gasteiger partial charge in [-0.05, 0) is 46.1 Å². The van der Waals surface area contributed by atoms with Crippen LogP contribution < -0.4 is 10.6 Å². The Balaban J connectivity index is 2.10. The Morgan fingerprint density at radius 3 is 2.32 bits per heavy atom.